The zero-order valence-corrected chi connectivity index (χ0v) is 14.7. The van der Waals surface area contributed by atoms with Gasteiger partial charge in [0.1, 0.15) is 5.82 Å². The van der Waals surface area contributed by atoms with E-state index in [0.29, 0.717) is 11.4 Å². The van der Waals surface area contributed by atoms with Crippen molar-refractivity contribution in [3.63, 3.8) is 0 Å². The molecule has 0 atom stereocenters. The van der Waals surface area contributed by atoms with Crippen LogP contribution in [0.3, 0.4) is 0 Å². The maximum absolute atomic E-state index is 13.4. The topological polar surface area (TPSA) is 29.1 Å². The number of rotatable bonds is 8. The highest BCUT2D eigenvalue weighted by molar-refractivity contribution is 8.00. The highest BCUT2D eigenvalue weighted by Gasteiger charge is 2.05. The Bertz CT molecular complexity index is 631. The van der Waals surface area contributed by atoms with Gasteiger partial charge in [0.15, 0.2) is 0 Å². The molecule has 0 radical (unpaired) electrons. The Morgan fingerprint density at radius 3 is 2.61 bits per heavy atom. The Balaban J connectivity index is 1.58. The Morgan fingerprint density at radius 2 is 1.87 bits per heavy atom. The molecule has 0 aliphatic carbocycles. The fourth-order valence-electron chi connectivity index (χ4n) is 1.89. The summed E-state index contributed by atoms with van der Waals surface area (Å²) in [6.45, 7) is 2.71. The molecule has 2 rings (SSSR count). The molecule has 1 N–H and O–H groups in total. The smallest absolute Gasteiger partial charge is 0.230 e. The maximum atomic E-state index is 13.4. The van der Waals surface area contributed by atoms with Crippen LogP contribution in [-0.4, -0.2) is 24.0 Å². The van der Waals surface area contributed by atoms with E-state index in [0.717, 1.165) is 11.5 Å². The van der Waals surface area contributed by atoms with Crippen molar-refractivity contribution in [1.29, 1.82) is 0 Å². The van der Waals surface area contributed by atoms with Crippen LogP contribution >= 0.6 is 23.5 Å². The molecule has 0 bridgehead atoms. The molecule has 2 nitrogen and oxygen atoms in total. The minimum absolute atomic E-state index is 0.0609. The predicted molar refractivity (Wildman–Crippen MR) is 97.5 cm³/mol. The summed E-state index contributed by atoms with van der Waals surface area (Å²) < 4.78 is 13.4. The number of nitrogens with one attached hydrogen (secondary N) is 1. The number of amides is 1. The van der Waals surface area contributed by atoms with Gasteiger partial charge in [0, 0.05) is 22.9 Å². The van der Waals surface area contributed by atoms with Gasteiger partial charge < -0.3 is 5.32 Å². The number of carbonyl (C=O) groups excluding carboxylic acids is 1. The van der Waals surface area contributed by atoms with Crippen LogP contribution in [0.25, 0.3) is 0 Å². The maximum Gasteiger partial charge on any atom is 0.230 e. The lowest BCUT2D eigenvalue weighted by molar-refractivity contribution is -0.118. The highest BCUT2D eigenvalue weighted by Crippen LogP contribution is 2.20. The molecule has 0 unspecified atom stereocenters. The van der Waals surface area contributed by atoms with Crippen molar-refractivity contribution in [2.75, 3.05) is 18.1 Å². The van der Waals surface area contributed by atoms with Crippen molar-refractivity contribution in [3.8, 4) is 0 Å². The van der Waals surface area contributed by atoms with Gasteiger partial charge in [-0.15, -0.1) is 11.8 Å². The molecule has 0 heterocycles. The molecule has 0 aromatic heterocycles. The third kappa shape index (κ3) is 6.67. The molecule has 0 aliphatic rings. The van der Waals surface area contributed by atoms with Gasteiger partial charge in [-0.1, -0.05) is 42.0 Å². The van der Waals surface area contributed by atoms with E-state index in [2.05, 4.69) is 36.5 Å². The third-order valence-electron chi connectivity index (χ3n) is 3.15. The first-order valence-corrected chi connectivity index (χ1v) is 9.56. The summed E-state index contributed by atoms with van der Waals surface area (Å²) in [5.41, 5.74) is 2.56. The van der Waals surface area contributed by atoms with E-state index in [1.54, 1.807) is 30.0 Å². The molecule has 2 aromatic rings. The van der Waals surface area contributed by atoms with Crippen molar-refractivity contribution in [2.45, 2.75) is 17.6 Å². The number of hydrogen-bond donors (Lipinski definition) is 1. The zero-order chi connectivity index (χ0) is 16.5. The summed E-state index contributed by atoms with van der Waals surface area (Å²) in [4.78, 5) is 12.2. The average Bonchev–Trinajstić information content (AvgIpc) is 2.55. The van der Waals surface area contributed by atoms with Gasteiger partial charge in [-0.25, -0.2) is 4.39 Å². The van der Waals surface area contributed by atoms with E-state index in [-0.39, 0.29) is 17.5 Å². The van der Waals surface area contributed by atoms with E-state index < -0.39 is 0 Å². The van der Waals surface area contributed by atoms with E-state index in [1.165, 1.54) is 29.0 Å². The molecule has 122 valence electrons. The molecule has 0 saturated carbocycles. The Morgan fingerprint density at radius 1 is 1.13 bits per heavy atom. The van der Waals surface area contributed by atoms with Crippen LogP contribution in [0.2, 0.25) is 0 Å². The molecule has 5 heteroatoms. The molecule has 23 heavy (non-hydrogen) atoms. The number of aryl methyl sites for hydroxylation is 1. The van der Waals surface area contributed by atoms with E-state index in [9.17, 15) is 9.18 Å². The molecule has 0 saturated heterocycles. The second-order valence-corrected chi connectivity index (χ2v) is 7.23. The first-order chi connectivity index (χ1) is 11.1. The highest BCUT2D eigenvalue weighted by atomic mass is 32.2. The van der Waals surface area contributed by atoms with Crippen molar-refractivity contribution in [1.82, 2.24) is 5.32 Å². The summed E-state index contributed by atoms with van der Waals surface area (Å²) in [7, 11) is 0. The van der Waals surface area contributed by atoms with Crippen LogP contribution in [-0.2, 0) is 10.5 Å². The van der Waals surface area contributed by atoms with Gasteiger partial charge in [-0.2, -0.15) is 11.8 Å². The van der Waals surface area contributed by atoms with E-state index in [4.69, 9.17) is 0 Å². The van der Waals surface area contributed by atoms with Crippen molar-refractivity contribution in [2.24, 2.45) is 0 Å². The van der Waals surface area contributed by atoms with Crippen molar-refractivity contribution in [3.05, 3.63) is 65.5 Å². The average molecular weight is 349 g/mol. The molecular formula is C18H20FNOS2. The minimum Gasteiger partial charge on any atom is -0.355 e. The van der Waals surface area contributed by atoms with Crippen molar-refractivity contribution < 1.29 is 9.18 Å². The van der Waals surface area contributed by atoms with Crippen LogP contribution in [0.1, 0.15) is 11.1 Å². The Labute approximate surface area is 145 Å². The zero-order valence-electron chi connectivity index (χ0n) is 13.0. The SMILES string of the molecule is Cc1ccc(CSCCNC(=O)CSc2ccccc2F)cc1. The van der Waals surface area contributed by atoms with Crippen LogP contribution in [0, 0.1) is 12.7 Å². The predicted octanol–water partition coefficient (Wildman–Crippen LogP) is 4.28. The third-order valence-corrected chi connectivity index (χ3v) is 5.23. The number of halogens is 1. The van der Waals surface area contributed by atoms with Crippen LogP contribution in [0.5, 0.6) is 0 Å². The van der Waals surface area contributed by atoms with Crippen LogP contribution in [0.15, 0.2) is 53.4 Å². The van der Waals surface area contributed by atoms with E-state index >= 15 is 0 Å². The van der Waals surface area contributed by atoms with Gasteiger partial charge in [0.05, 0.1) is 5.75 Å². The summed E-state index contributed by atoms with van der Waals surface area (Å²) in [6, 6.07) is 15.0. The molecule has 0 fully saturated rings. The summed E-state index contributed by atoms with van der Waals surface area (Å²) in [5.74, 6) is 1.71. The van der Waals surface area contributed by atoms with E-state index in [1.807, 2.05) is 0 Å². The summed E-state index contributed by atoms with van der Waals surface area (Å²) >= 11 is 3.01. The van der Waals surface area contributed by atoms with Gasteiger partial charge in [-0.05, 0) is 24.6 Å². The number of benzene rings is 2. The van der Waals surface area contributed by atoms with Gasteiger partial charge in [0.2, 0.25) is 5.91 Å². The number of thioether (sulfide) groups is 2. The quantitative estimate of drug-likeness (QED) is 0.570. The second kappa shape index (κ2) is 9.63. The molecular weight excluding hydrogens is 329 g/mol. The lowest BCUT2D eigenvalue weighted by atomic mass is 10.2. The Kier molecular flexibility index (Phi) is 7.49. The van der Waals surface area contributed by atoms with Crippen molar-refractivity contribution >= 4 is 29.4 Å². The lowest BCUT2D eigenvalue weighted by Crippen LogP contribution is -2.27. The van der Waals surface area contributed by atoms with Gasteiger partial charge >= 0.3 is 0 Å². The largest absolute Gasteiger partial charge is 0.355 e. The second-order valence-electron chi connectivity index (χ2n) is 5.11. The number of hydrogen-bond acceptors (Lipinski definition) is 3. The van der Waals surface area contributed by atoms with Gasteiger partial charge in [0.25, 0.3) is 0 Å². The summed E-state index contributed by atoms with van der Waals surface area (Å²) in [6.07, 6.45) is 0. The monoisotopic (exact) mass is 349 g/mol. The fourth-order valence-corrected chi connectivity index (χ4v) is 3.48. The minimum atomic E-state index is -0.279. The Hall–Kier alpha value is -1.46. The number of carbonyl (C=O) groups is 1. The molecule has 2 aromatic carbocycles. The molecule has 0 aliphatic heterocycles. The lowest BCUT2D eigenvalue weighted by Gasteiger charge is -2.06. The first-order valence-electron chi connectivity index (χ1n) is 7.42. The molecule has 1 amide bonds. The fraction of sp³-hybridized carbons (Fsp3) is 0.278. The standard InChI is InChI=1S/C18H20FNOS2/c1-14-6-8-15(9-7-14)12-22-11-10-20-18(21)13-23-17-5-3-2-4-16(17)19/h2-9H,10-13H2,1H3,(H,20,21). The molecule has 0 spiro atoms. The van der Waals surface area contributed by atoms with Crippen LogP contribution < -0.4 is 5.32 Å². The van der Waals surface area contributed by atoms with Gasteiger partial charge in [-0.3, -0.25) is 4.79 Å². The normalized spacial score (nSPS) is 10.5. The van der Waals surface area contributed by atoms with Crippen LogP contribution in [0.4, 0.5) is 4.39 Å². The first kappa shape index (κ1) is 17.9. The summed E-state index contributed by atoms with van der Waals surface area (Å²) in [5, 5.41) is 2.86.